The highest BCUT2D eigenvalue weighted by Gasteiger charge is 2.13. The van der Waals surface area contributed by atoms with Gasteiger partial charge >= 0.3 is 0 Å². The highest BCUT2D eigenvalue weighted by molar-refractivity contribution is 7.90. The van der Waals surface area contributed by atoms with Crippen LogP contribution in [-0.4, -0.2) is 56.0 Å². The molecule has 0 bridgehead atoms. The first-order valence-electron chi connectivity index (χ1n) is 4.97. The number of hydrogen-bond donors (Lipinski definition) is 1. The van der Waals surface area contributed by atoms with Gasteiger partial charge in [-0.1, -0.05) is 0 Å². The van der Waals surface area contributed by atoms with Crippen molar-refractivity contribution in [3.05, 3.63) is 0 Å². The van der Waals surface area contributed by atoms with Gasteiger partial charge in [0.2, 0.25) is 5.91 Å². The van der Waals surface area contributed by atoms with E-state index in [1.165, 1.54) is 0 Å². The predicted octanol–water partition coefficient (Wildman–Crippen LogP) is -0.348. The van der Waals surface area contributed by atoms with E-state index in [2.05, 4.69) is 0 Å². The number of aliphatic hydroxyl groups excluding tert-OH is 1. The second kappa shape index (κ2) is 6.79. The molecule has 15 heavy (non-hydrogen) atoms. The van der Waals surface area contributed by atoms with Crippen molar-refractivity contribution >= 4 is 15.7 Å². The Morgan fingerprint density at radius 3 is 2.40 bits per heavy atom. The van der Waals surface area contributed by atoms with Crippen molar-refractivity contribution in [2.24, 2.45) is 0 Å². The van der Waals surface area contributed by atoms with Crippen LogP contribution in [0.4, 0.5) is 0 Å². The fraction of sp³-hybridized carbons (Fsp3) is 0.889. The van der Waals surface area contributed by atoms with Gasteiger partial charge in [0.25, 0.3) is 0 Å². The van der Waals surface area contributed by atoms with Crippen LogP contribution in [0, 0.1) is 0 Å². The summed E-state index contributed by atoms with van der Waals surface area (Å²) in [6, 6.07) is 0. The third-order valence-electron chi connectivity index (χ3n) is 2.01. The van der Waals surface area contributed by atoms with Gasteiger partial charge in [-0.3, -0.25) is 4.79 Å². The van der Waals surface area contributed by atoms with Crippen LogP contribution in [0.1, 0.15) is 19.8 Å². The molecule has 0 heterocycles. The Morgan fingerprint density at radius 2 is 2.00 bits per heavy atom. The summed E-state index contributed by atoms with van der Waals surface area (Å²) in [6.07, 6.45) is 1.67. The van der Waals surface area contributed by atoms with Crippen LogP contribution >= 0.6 is 0 Å². The molecule has 0 aromatic carbocycles. The maximum absolute atomic E-state index is 11.5. The summed E-state index contributed by atoms with van der Waals surface area (Å²) >= 11 is 0. The molecule has 0 radical (unpaired) electrons. The van der Waals surface area contributed by atoms with Gasteiger partial charge in [-0.05, 0) is 13.3 Å². The highest BCUT2D eigenvalue weighted by atomic mass is 32.2. The minimum atomic E-state index is -3.08. The molecule has 0 fully saturated rings. The fourth-order valence-electron chi connectivity index (χ4n) is 1.15. The number of rotatable bonds is 7. The summed E-state index contributed by atoms with van der Waals surface area (Å²) in [5.41, 5.74) is 0. The molecule has 1 amide bonds. The van der Waals surface area contributed by atoms with Crippen LogP contribution in [0.2, 0.25) is 0 Å². The zero-order chi connectivity index (χ0) is 11.9. The van der Waals surface area contributed by atoms with Gasteiger partial charge in [0.1, 0.15) is 9.84 Å². The van der Waals surface area contributed by atoms with Gasteiger partial charge in [0.15, 0.2) is 0 Å². The van der Waals surface area contributed by atoms with Crippen molar-refractivity contribution in [1.82, 2.24) is 4.90 Å². The normalized spacial score (nSPS) is 11.4. The second-order valence-corrected chi connectivity index (χ2v) is 5.69. The standard InChI is InChI=1S/C9H19NO4S/c1-3-10(6-4-7-11)9(12)5-8-15(2,13)14/h11H,3-8H2,1-2H3. The van der Waals surface area contributed by atoms with Crippen LogP contribution in [0.5, 0.6) is 0 Å². The molecule has 0 rings (SSSR count). The molecule has 0 unspecified atom stereocenters. The van der Waals surface area contributed by atoms with Gasteiger partial charge in [0.05, 0.1) is 5.75 Å². The Morgan fingerprint density at radius 1 is 1.40 bits per heavy atom. The number of nitrogens with zero attached hydrogens (tertiary/aromatic N) is 1. The highest BCUT2D eigenvalue weighted by Crippen LogP contribution is 1.98. The third kappa shape index (κ3) is 7.33. The molecule has 0 atom stereocenters. The van der Waals surface area contributed by atoms with E-state index >= 15 is 0 Å². The third-order valence-corrected chi connectivity index (χ3v) is 2.95. The largest absolute Gasteiger partial charge is 0.396 e. The fourth-order valence-corrected chi connectivity index (χ4v) is 1.70. The zero-order valence-electron chi connectivity index (χ0n) is 9.27. The Balaban J connectivity index is 4.04. The molecule has 0 spiro atoms. The molecule has 0 aromatic rings. The molecule has 0 saturated carbocycles. The molecule has 0 aromatic heterocycles. The van der Waals surface area contributed by atoms with E-state index < -0.39 is 9.84 Å². The minimum Gasteiger partial charge on any atom is -0.396 e. The summed E-state index contributed by atoms with van der Waals surface area (Å²) in [7, 11) is -3.08. The van der Waals surface area contributed by atoms with Crippen LogP contribution in [0.15, 0.2) is 0 Å². The molecule has 0 saturated heterocycles. The summed E-state index contributed by atoms with van der Waals surface area (Å²) in [5.74, 6) is -0.280. The molecular weight excluding hydrogens is 218 g/mol. The monoisotopic (exact) mass is 237 g/mol. The van der Waals surface area contributed by atoms with Crippen molar-refractivity contribution in [3.8, 4) is 0 Å². The minimum absolute atomic E-state index is 0.0259. The number of sulfone groups is 1. The molecule has 6 heteroatoms. The molecule has 0 aliphatic rings. The van der Waals surface area contributed by atoms with Crippen molar-refractivity contribution in [2.75, 3.05) is 31.7 Å². The smallest absolute Gasteiger partial charge is 0.223 e. The van der Waals surface area contributed by atoms with E-state index in [9.17, 15) is 13.2 Å². The SMILES string of the molecule is CCN(CCCO)C(=O)CCS(C)(=O)=O. The van der Waals surface area contributed by atoms with E-state index in [-0.39, 0.29) is 24.7 Å². The van der Waals surface area contributed by atoms with Gasteiger partial charge < -0.3 is 10.0 Å². The lowest BCUT2D eigenvalue weighted by Gasteiger charge is -2.20. The lowest BCUT2D eigenvalue weighted by Crippen LogP contribution is -2.33. The Kier molecular flexibility index (Phi) is 6.51. The Bertz CT molecular complexity index is 286. The van der Waals surface area contributed by atoms with Gasteiger partial charge in [-0.25, -0.2) is 8.42 Å². The van der Waals surface area contributed by atoms with Crippen LogP contribution in [-0.2, 0) is 14.6 Å². The van der Waals surface area contributed by atoms with E-state index in [0.717, 1.165) is 6.26 Å². The first-order chi connectivity index (χ1) is 6.90. The van der Waals surface area contributed by atoms with Crippen LogP contribution < -0.4 is 0 Å². The van der Waals surface area contributed by atoms with E-state index in [1.54, 1.807) is 4.90 Å². The molecule has 0 aliphatic heterocycles. The Hall–Kier alpha value is -0.620. The molecule has 0 aliphatic carbocycles. The number of hydrogen-bond acceptors (Lipinski definition) is 4. The maximum Gasteiger partial charge on any atom is 0.223 e. The first kappa shape index (κ1) is 14.4. The number of carbonyl (C=O) groups excluding carboxylic acids is 1. The van der Waals surface area contributed by atoms with Crippen LogP contribution in [0.3, 0.4) is 0 Å². The molecule has 1 N–H and O–H groups in total. The van der Waals surface area contributed by atoms with Crippen molar-refractivity contribution in [2.45, 2.75) is 19.8 Å². The van der Waals surface area contributed by atoms with E-state index in [4.69, 9.17) is 5.11 Å². The average molecular weight is 237 g/mol. The lowest BCUT2D eigenvalue weighted by atomic mass is 10.3. The van der Waals surface area contributed by atoms with Crippen LogP contribution in [0.25, 0.3) is 0 Å². The van der Waals surface area contributed by atoms with Crippen molar-refractivity contribution < 1.29 is 18.3 Å². The summed E-state index contributed by atoms with van der Waals surface area (Å²) in [6.45, 7) is 2.89. The molecule has 90 valence electrons. The first-order valence-corrected chi connectivity index (χ1v) is 7.03. The topological polar surface area (TPSA) is 74.7 Å². The predicted molar refractivity (Wildman–Crippen MR) is 58.3 cm³/mol. The van der Waals surface area contributed by atoms with Gasteiger partial charge in [0, 0.05) is 32.4 Å². The average Bonchev–Trinajstić information content (AvgIpc) is 2.15. The number of carbonyl (C=O) groups is 1. The molecular formula is C9H19NO4S. The van der Waals surface area contributed by atoms with Crippen molar-refractivity contribution in [1.29, 1.82) is 0 Å². The second-order valence-electron chi connectivity index (χ2n) is 3.43. The quantitative estimate of drug-likeness (QED) is 0.657. The number of amides is 1. The van der Waals surface area contributed by atoms with E-state index in [0.29, 0.717) is 19.5 Å². The summed E-state index contributed by atoms with van der Waals surface area (Å²) < 4.78 is 21.7. The van der Waals surface area contributed by atoms with Gasteiger partial charge in [-0.2, -0.15) is 0 Å². The Labute approximate surface area is 91.0 Å². The number of aliphatic hydroxyl groups is 1. The maximum atomic E-state index is 11.5. The molecule has 5 nitrogen and oxygen atoms in total. The van der Waals surface area contributed by atoms with Gasteiger partial charge in [-0.15, -0.1) is 0 Å². The summed E-state index contributed by atoms with van der Waals surface area (Å²) in [4.78, 5) is 13.1. The zero-order valence-corrected chi connectivity index (χ0v) is 10.1. The van der Waals surface area contributed by atoms with E-state index in [1.807, 2.05) is 6.92 Å². The van der Waals surface area contributed by atoms with Crippen molar-refractivity contribution in [3.63, 3.8) is 0 Å². The lowest BCUT2D eigenvalue weighted by molar-refractivity contribution is -0.130. The summed E-state index contributed by atoms with van der Waals surface area (Å²) in [5, 5.41) is 8.62.